The maximum Gasteiger partial charge on any atom is 0.240 e. The number of benzene rings is 1. The quantitative estimate of drug-likeness (QED) is 0.598. The lowest BCUT2D eigenvalue weighted by atomic mass is 10.1. The SMILES string of the molecule is O=C(C[C@H]1CCS(=O)(=O)C1)N/N=C\c1ccc(-c2cc(Cl)ccc2Cl)o1. The largest absolute Gasteiger partial charge is 0.455 e. The van der Waals surface area contributed by atoms with Crippen molar-refractivity contribution >= 4 is 45.2 Å². The number of amides is 1. The Bertz CT molecular complexity index is 953. The van der Waals surface area contributed by atoms with Gasteiger partial charge in [0, 0.05) is 17.0 Å². The Morgan fingerprint density at radius 1 is 1.31 bits per heavy atom. The number of hydrogen-bond acceptors (Lipinski definition) is 5. The normalized spacial score (nSPS) is 19.1. The van der Waals surface area contributed by atoms with Crippen molar-refractivity contribution < 1.29 is 17.6 Å². The van der Waals surface area contributed by atoms with E-state index in [2.05, 4.69) is 10.5 Å². The molecular formula is C17H16Cl2N2O4S. The lowest BCUT2D eigenvalue weighted by Crippen LogP contribution is -2.21. The standard InChI is InChI=1S/C17H16Cl2N2O4S/c18-12-1-3-15(19)14(8-12)16-4-2-13(25-16)9-20-21-17(22)7-11-5-6-26(23,24)10-11/h1-4,8-9,11H,5-7,10H2,(H,21,22)/b20-9-/t11-/m1/s1. The summed E-state index contributed by atoms with van der Waals surface area (Å²) in [7, 11) is -2.99. The first-order chi connectivity index (χ1) is 12.3. The van der Waals surface area contributed by atoms with Crippen LogP contribution in [0.4, 0.5) is 0 Å². The molecule has 0 spiro atoms. The number of hydrogen-bond donors (Lipinski definition) is 1. The molecule has 9 heteroatoms. The average Bonchev–Trinajstić information content (AvgIpc) is 3.16. The predicted octanol–water partition coefficient (Wildman–Crippen LogP) is 3.53. The highest BCUT2D eigenvalue weighted by atomic mass is 35.5. The van der Waals surface area contributed by atoms with E-state index < -0.39 is 9.84 Å². The third-order valence-electron chi connectivity index (χ3n) is 4.00. The first kappa shape index (κ1) is 18.9. The second kappa shape index (κ2) is 7.82. The van der Waals surface area contributed by atoms with Gasteiger partial charge >= 0.3 is 0 Å². The van der Waals surface area contributed by atoms with Gasteiger partial charge in [-0.2, -0.15) is 5.10 Å². The van der Waals surface area contributed by atoms with E-state index in [0.29, 0.717) is 33.6 Å². The second-order valence-electron chi connectivity index (χ2n) is 6.09. The van der Waals surface area contributed by atoms with Gasteiger partial charge in [0.25, 0.3) is 0 Å². The summed E-state index contributed by atoms with van der Waals surface area (Å²) in [6.45, 7) is 0. The molecule has 138 valence electrons. The van der Waals surface area contributed by atoms with Crippen LogP contribution in [0.1, 0.15) is 18.6 Å². The molecule has 0 saturated carbocycles. The summed E-state index contributed by atoms with van der Waals surface area (Å²) in [6.07, 6.45) is 2.02. The second-order valence-corrected chi connectivity index (χ2v) is 9.16. The van der Waals surface area contributed by atoms with Gasteiger partial charge in [-0.05, 0) is 42.7 Å². The van der Waals surface area contributed by atoms with Crippen LogP contribution in [0.25, 0.3) is 11.3 Å². The van der Waals surface area contributed by atoms with Crippen LogP contribution in [0, 0.1) is 5.92 Å². The lowest BCUT2D eigenvalue weighted by molar-refractivity contribution is -0.121. The third-order valence-corrected chi connectivity index (χ3v) is 6.40. The van der Waals surface area contributed by atoms with E-state index in [1.807, 2.05) is 0 Å². The maximum absolute atomic E-state index is 11.8. The maximum atomic E-state index is 11.8. The van der Waals surface area contributed by atoms with Crippen molar-refractivity contribution in [2.75, 3.05) is 11.5 Å². The Labute approximate surface area is 161 Å². The summed E-state index contributed by atoms with van der Waals surface area (Å²) in [4.78, 5) is 11.8. The number of carbonyl (C=O) groups excluding carboxylic acids is 1. The summed E-state index contributed by atoms with van der Waals surface area (Å²) in [6, 6.07) is 8.47. The van der Waals surface area contributed by atoms with E-state index in [1.54, 1.807) is 30.3 Å². The van der Waals surface area contributed by atoms with Crippen LogP contribution >= 0.6 is 23.2 Å². The summed E-state index contributed by atoms with van der Waals surface area (Å²) in [5.74, 6) is 0.700. The summed E-state index contributed by atoms with van der Waals surface area (Å²) in [5.41, 5.74) is 3.04. The number of halogens is 2. The van der Waals surface area contributed by atoms with Crippen molar-refractivity contribution in [2.24, 2.45) is 11.0 Å². The molecule has 1 aliphatic rings. The van der Waals surface area contributed by atoms with Crippen LogP contribution in [0.5, 0.6) is 0 Å². The molecule has 0 bridgehead atoms. The van der Waals surface area contributed by atoms with Crippen LogP contribution in [0.2, 0.25) is 10.0 Å². The number of sulfone groups is 1. The van der Waals surface area contributed by atoms with E-state index in [0.717, 1.165) is 0 Å². The molecule has 0 unspecified atom stereocenters. The van der Waals surface area contributed by atoms with Crippen molar-refractivity contribution in [1.82, 2.24) is 5.43 Å². The van der Waals surface area contributed by atoms with E-state index in [4.69, 9.17) is 27.6 Å². The molecule has 1 aliphatic heterocycles. The molecule has 1 fully saturated rings. The highest BCUT2D eigenvalue weighted by molar-refractivity contribution is 7.91. The molecule has 0 radical (unpaired) electrons. The third kappa shape index (κ3) is 4.87. The van der Waals surface area contributed by atoms with Gasteiger partial charge in [-0.1, -0.05) is 23.2 Å². The molecule has 3 rings (SSSR count). The van der Waals surface area contributed by atoms with Crippen molar-refractivity contribution in [2.45, 2.75) is 12.8 Å². The van der Waals surface area contributed by atoms with Gasteiger partial charge < -0.3 is 4.42 Å². The molecular weight excluding hydrogens is 399 g/mol. The van der Waals surface area contributed by atoms with Gasteiger partial charge in [0.2, 0.25) is 5.91 Å². The zero-order valence-electron chi connectivity index (χ0n) is 13.6. The van der Waals surface area contributed by atoms with Crippen molar-refractivity contribution in [3.63, 3.8) is 0 Å². The van der Waals surface area contributed by atoms with Crippen LogP contribution in [-0.2, 0) is 14.6 Å². The molecule has 26 heavy (non-hydrogen) atoms. The van der Waals surface area contributed by atoms with Crippen LogP contribution < -0.4 is 5.43 Å². The molecule has 2 aromatic rings. The molecule has 6 nitrogen and oxygen atoms in total. The number of hydrazone groups is 1. The Morgan fingerprint density at radius 3 is 2.85 bits per heavy atom. The van der Waals surface area contributed by atoms with Crippen molar-refractivity contribution in [3.05, 3.63) is 46.1 Å². The fraction of sp³-hybridized carbons (Fsp3) is 0.294. The molecule has 1 saturated heterocycles. The number of carbonyl (C=O) groups is 1. The first-order valence-electron chi connectivity index (χ1n) is 7.90. The fourth-order valence-corrected chi connectivity index (χ4v) is 5.01. The molecule has 1 aromatic heterocycles. The van der Waals surface area contributed by atoms with Gasteiger partial charge in [-0.15, -0.1) is 0 Å². The topological polar surface area (TPSA) is 88.7 Å². The Kier molecular flexibility index (Phi) is 5.70. The Hall–Kier alpha value is -1.83. The van der Waals surface area contributed by atoms with E-state index in [1.165, 1.54) is 6.21 Å². The predicted molar refractivity (Wildman–Crippen MR) is 101 cm³/mol. The molecule has 0 aliphatic carbocycles. The number of furan rings is 1. The monoisotopic (exact) mass is 414 g/mol. The van der Waals surface area contributed by atoms with Crippen LogP contribution in [-0.4, -0.2) is 32.0 Å². The van der Waals surface area contributed by atoms with Crippen LogP contribution in [0.3, 0.4) is 0 Å². The highest BCUT2D eigenvalue weighted by Gasteiger charge is 2.29. The van der Waals surface area contributed by atoms with Gasteiger partial charge in [0.1, 0.15) is 11.5 Å². The van der Waals surface area contributed by atoms with E-state index in [-0.39, 0.29) is 29.8 Å². The van der Waals surface area contributed by atoms with Crippen molar-refractivity contribution in [1.29, 1.82) is 0 Å². The molecule has 1 aromatic carbocycles. The van der Waals surface area contributed by atoms with E-state index in [9.17, 15) is 13.2 Å². The number of rotatable bonds is 5. The fourth-order valence-electron chi connectivity index (χ4n) is 2.76. The molecule has 1 atom stereocenters. The van der Waals surface area contributed by atoms with Gasteiger partial charge in [-0.25, -0.2) is 13.8 Å². The Balaban J connectivity index is 1.57. The van der Waals surface area contributed by atoms with Gasteiger partial charge in [-0.3, -0.25) is 4.79 Å². The van der Waals surface area contributed by atoms with Crippen molar-refractivity contribution in [3.8, 4) is 11.3 Å². The molecule has 2 heterocycles. The van der Waals surface area contributed by atoms with Gasteiger partial charge in [0.05, 0.1) is 22.7 Å². The zero-order valence-corrected chi connectivity index (χ0v) is 15.9. The smallest absolute Gasteiger partial charge is 0.240 e. The first-order valence-corrected chi connectivity index (χ1v) is 10.5. The molecule has 1 amide bonds. The minimum absolute atomic E-state index is 0.0616. The Morgan fingerprint density at radius 2 is 2.12 bits per heavy atom. The zero-order chi connectivity index (χ0) is 18.7. The van der Waals surface area contributed by atoms with E-state index >= 15 is 0 Å². The number of nitrogens with zero attached hydrogens (tertiary/aromatic N) is 1. The average molecular weight is 415 g/mol. The van der Waals surface area contributed by atoms with Crippen LogP contribution in [0.15, 0.2) is 39.9 Å². The minimum Gasteiger partial charge on any atom is -0.455 e. The highest BCUT2D eigenvalue weighted by Crippen LogP contribution is 2.31. The van der Waals surface area contributed by atoms with Gasteiger partial charge in [0.15, 0.2) is 9.84 Å². The number of nitrogens with one attached hydrogen (secondary N) is 1. The summed E-state index contributed by atoms with van der Waals surface area (Å²) < 4.78 is 28.4. The minimum atomic E-state index is -2.99. The lowest BCUT2D eigenvalue weighted by Gasteiger charge is -2.04. The summed E-state index contributed by atoms with van der Waals surface area (Å²) >= 11 is 12.1. The summed E-state index contributed by atoms with van der Waals surface area (Å²) in [5, 5.41) is 4.89. The molecule has 1 N–H and O–H groups in total.